The summed E-state index contributed by atoms with van der Waals surface area (Å²) in [5.74, 6) is -39.4. The van der Waals surface area contributed by atoms with E-state index in [1.807, 2.05) is 0 Å². The lowest BCUT2D eigenvalue weighted by atomic mass is 9.88. The monoisotopic (exact) mass is 468 g/mol. The number of halogens is 13. The standard InChI is InChI=1S/C11H9F13O5/c12-6(13,5(29)4(28)3(27)2(26)1-25)7(14,15)8(16,17)9(18,19)10(20,21)11(22,23)24/h1-5,26-29H/t2-,3+,4-,5+/m0/s1. The first-order chi connectivity index (χ1) is 12.5. The van der Waals surface area contributed by atoms with Crippen LogP contribution in [0.4, 0.5) is 57.1 Å². The van der Waals surface area contributed by atoms with Gasteiger partial charge in [0.2, 0.25) is 0 Å². The first-order valence-corrected chi connectivity index (χ1v) is 6.60. The van der Waals surface area contributed by atoms with E-state index in [9.17, 15) is 61.9 Å². The molecule has 29 heavy (non-hydrogen) atoms. The summed E-state index contributed by atoms with van der Waals surface area (Å²) in [7, 11) is 0. The third-order valence-corrected chi connectivity index (χ3v) is 3.49. The van der Waals surface area contributed by atoms with E-state index >= 15 is 0 Å². The molecule has 0 bridgehead atoms. The molecule has 5 nitrogen and oxygen atoms in total. The molecule has 0 fully saturated rings. The van der Waals surface area contributed by atoms with Crippen molar-refractivity contribution in [3.05, 3.63) is 0 Å². The van der Waals surface area contributed by atoms with E-state index in [0.29, 0.717) is 0 Å². The minimum absolute atomic E-state index is 0.760. The molecule has 0 aliphatic rings. The first-order valence-electron chi connectivity index (χ1n) is 6.60. The summed E-state index contributed by atoms with van der Waals surface area (Å²) >= 11 is 0. The van der Waals surface area contributed by atoms with Gasteiger partial charge in [-0.2, -0.15) is 57.1 Å². The normalized spacial score (nSPS) is 19.5. The SMILES string of the molecule is O=C[C@H](O)[C@@H](O)[C@H](O)[C@@H](O)C(F)(F)C(F)(F)C(F)(F)C(F)(F)C(F)(F)C(F)(F)F. The molecule has 0 aliphatic heterocycles. The second kappa shape index (κ2) is 7.69. The maximum Gasteiger partial charge on any atom is 0.460 e. The molecule has 4 N–H and O–H groups in total. The van der Waals surface area contributed by atoms with Crippen LogP contribution in [0.15, 0.2) is 0 Å². The summed E-state index contributed by atoms with van der Waals surface area (Å²) in [6, 6.07) is 0. The van der Waals surface area contributed by atoms with Crippen molar-refractivity contribution in [3.63, 3.8) is 0 Å². The van der Waals surface area contributed by atoms with Gasteiger partial charge in [0.05, 0.1) is 0 Å². The van der Waals surface area contributed by atoms with Crippen molar-refractivity contribution in [1.82, 2.24) is 0 Å². The van der Waals surface area contributed by atoms with Gasteiger partial charge in [0.15, 0.2) is 12.4 Å². The van der Waals surface area contributed by atoms with Gasteiger partial charge in [-0.1, -0.05) is 0 Å². The van der Waals surface area contributed by atoms with E-state index in [1.165, 1.54) is 0 Å². The number of hydrogen-bond acceptors (Lipinski definition) is 5. The van der Waals surface area contributed by atoms with Crippen molar-refractivity contribution in [3.8, 4) is 0 Å². The van der Waals surface area contributed by atoms with E-state index in [0.717, 1.165) is 0 Å². The number of aliphatic hydroxyl groups excluding tert-OH is 4. The molecule has 0 rings (SSSR count). The number of rotatable bonds is 9. The van der Waals surface area contributed by atoms with Crippen LogP contribution in [0.1, 0.15) is 0 Å². The van der Waals surface area contributed by atoms with Crippen LogP contribution < -0.4 is 0 Å². The topological polar surface area (TPSA) is 98.0 Å². The third-order valence-electron chi connectivity index (χ3n) is 3.49. The molecule has 0 aromatic carbocycles. The van der Waals surface area contributed by atoms with Gasteiger partial charge in [-0.05, 0) is 0 Å². The van der Waals surface area contributed by atoms with Crippen molar-refractivity contribution in [2.24, 2.45) is 0 Å². The van der Waals surface area contributed by atoms with Crippen molar-refractivity contribution in [1.29, 1.82) is 0 Å². The van der Waals surface area contributed by atoms with E-state index < -0.39 is 66.5 Å². The Bertz CT molecular complexity index is 590. The second-order valence-corrected chi connectivity index (χ2v) is 5.47. The zero-order chi connectivity index (χ0) is 24.0. The number of aldehydes is 1. The van der Waals surface area contributed by atoms with Crippen LogP contribution >= 0.6 is 0 Å². The zero-order valence-corrected chi connectivity index (χ0v) is 13.0. The molecule has 0 aromatic heterocycles. The van der Waals surface area contributed by atoms with E-state index in [1.54, 1.807) is 0 Å². The highest BCUT2D eigenvalue weighted by Gasteiger charge is 2.91. The van der Waals surface area contributed by atoms with Crippen LogP contribution in [0.25, 0.3) is 0 Å². The van der Waals surface area contributed by atoms with Gasteiger partial charge in [0.1, 0.15) is 18.3 Å². The lowest BCUT2D eigenvalue weighted by Gasteiger charge is -2.41. The van der Waals surface area contributed by atoms with Crippen LogP contribution in [-0.4, -0.2) is 86.9 Å². The lowest BCUT2D eigenvalue weighted by Crippen LogP contribution is -2.72. The smallest absolute Gasteiger partial charge is 0.387 e. The second-order valence-electron chi connectivity index (χ2n) is 5.47. The maximum absolute atomic E-state index is 13.5. The Hall–Kier alpha value is -1.40. The Morgan fingerprint density at radius 1 is 0.552 bits per heavy atom. The van der Waals surface area contributed by atoms with Gasteiger partial charge in [0, 0.05) is 0 Å². The van der Waals surface area contributed by atoms with Crippen LogP contribution in [0.2, 0.25) is 0 Å². The summed E-state index contributed by atoms with van der Waals surface area (Å²) in [4.78, 5) is 10.1. The fourth-order valence-corrected chi connectivity index (χ4v) is 1.65. The average molecular weight is 468 g/mol. The highest BCUT2D eigenvalue weighted by molar-refractivity contribution is 5.56. The number of alkyl halides is 13. The van der Waals surface area contributed by atoms with Crippen LogP contribution in [0.3, 0.4) is 0 Å². The van der Waals surface area contributed by atoms with Gasteiger partial charge < -0.3 is 25.2 Å². The molecule has 0 amide bonds. The molecule has 0 saturated heterocycles. The Balaban J connectivity index is 6.33. The number of carbonyl (C=O) groups is 1. The fourth-order valence-electron chi connectivity index (χ4n) is 1.65. The maximum atomic E-state index is 13.5. The van der Waals surface area contributed by atoms with Gasteiger partial charge in [-0.25, -0.2) is 0 Å². The summed E-state index contributed by atoms with van der Waals surface area (Å²) in [5, 5.41) is 35.4. The third kappa shape index (κ3) is 3.98. The van der Waals surface area contributed by atoms with Crippen molar-refractivity contribution >= 4 is 6.29 Å². The molecule has 0 spiro atoms. The molecule has 0 aromatic rings. The average Bonchev–Trinajstić information content (AvgIpc) is 2.56. The molecule has 0 aliphatic carbocycles. The van der Waals surface area contributed by atoms with Crippen molar-refractivity contribution in [2.75, 3.05) is 0 Å². The molecule has 18 heteroatoms. The summed E-state index contributed by atoms with van der Waals surface area (Å²) in [5.41, 5.74) is 0. The zero-order valence-electron chi connectivity index (χ0n) is 13.0. The molecule has 0 unspecified atom stereocenters. The summed E-state index contributed by atoms with van der Waals surface area (Å²) < 4.78 is 167. The summed E-state index contributed by atoms with van der Waals surface area (Å²) in [6.07, 6.45) is -23.3. The van der Waals surface area contributed by atoms with Gasteiger partial charge in [-0.3, -0.25) is 0 Å². The Kier molecular flexibility index (Phi) is 7.32. The van der Waals surface area contributed by atoms with Crippen LogP contribution in [0.5, 0.6) is 0 Å². The van der Waals surface area contributed by atoms with E-state index in [2.05, 4.69) is 0 Å². The quantitative estimate of drug-likeness (QED) is 0.303. The Morgan fingerprint density at radius 3 is 1.21 bits per heavy atom. The molecule has 174 valence electrons. The van der Waals surface area contributed by atoms with Gasteiger partial charge in [0.25, 0.3) is 0 Å². The lowest BCUT2D eigenvalue weighted by molar-refractivity contribution is -0.446. The van der Waals surface area contributed by atoms with Crippen LogP contribution in [0, 0.1) is 0 Å². The van der Waals surface area contributed by atoms with E-state index in [-0.39, 0.29) is 0 Å². The molecular formula is C11H9F13O5. The number of carbonyl (C=O) groups excluding carboxylic acids is 1. The largest absolute Gasteiger partial charge is 0.460 e. The fraction of sp³-hybridized carbons (Fsp3) is 0.909. The van der Waals surface area contributed by atoms with Gasteiger partial charge in [-0.15, -0.1) is 0 Å². The number of hydrogen-bond donors (Lipinski definition) is 4. The Morgan fingerprint density at radius 2 is 0.897 bits per heavy atom. The van der Waals surface area contributed by atoms with Crippen LogP contribution in [-0.2, 0) is 4.79 Å². The molecular weight excluding hydrogens is 459 g/mol. The predicted molar refractivity (Wildman–Crippen MR) is 60.9 cm³/mol. The van der Waals surface area contributed by atoms with Crippen molar-refractivity contribution < 1.29 is 82.3 Å². The number of aliphatic hydroxyl groups is 4. The molecule has 0 heterocycles. The van der Waals surface area contributed by atoms with Gasteiger partial charge >= 0.3 is 35.8 Å². The minimum Gasteiger partial charge on any atom is -0.387 e. The highest BCUT2D eigenvalue weighted by Crippen LogP contribution is 2.60. The summed E-state index contributed by atoms with van der Waals surface area (Å²) in [6.45, 7) is 0. The molecule has 0 saturated carbocycles. The van der Waals surface area contributed by atoms with Crippen molar-refractivity contribution in [2.45, 2.75) is 60.2 Å². The molecule has 4 atom stereocenters. The minimum atomic E-state index is -8.21. The van der Waals surface area contributed by atoms with E-state index in [4.69, 9.17) is 20.4 Å². The highest BCUT2D eigenvalue weighted by atomic mass is 19.4. The first kappa shape index (κ1) is 27.6. The Labute approximate surface area is 150 Å². The predicted octanol–water partition coefficient (Wildman–Crippen LogP) is 1.37. The molecule has 0 radical (unpaired) electrons.